The highest BCUT2D eigenvalue weighted by Gasteiger charge is 2.33. The number of carbonyl (C=O) groups is 1. The van der Waals surface area contributed by atoms with Crippen LogP contribution in [-0.4, -0.2) is 26.8 Å². The van der Waals surface area contributed by atoms with E-state index in [2.05, 4.69) is 4.72 Å². The van der Waals surface area contributed by atoms with E-state index in [1.165, 1.54) is 12.1 Å². The molecule has 1 unspecified atom stereocenters. The number of Topliss-reactive ketones (excluding diaryl/α,β-unsaturated/α-hetero) is 1. The third kappa shape index (κ3) is 4.51. The summed E-state index contributed by atoms with van der Waals surface area (Å²) in [7, 11) is -3.62. The van der Waals surface area contributed by atoms with Gasteiger partial charge in [-0.2, -0.15) is 0 Å². The number of hydrogen-bond donors (Lipinski definition) is 2. The Morgan fingerprint density at radius 2 is 2.10 bits per heavy atom. The molecule has 0 saturated heterocycles. The van der Waals surface area contributed by atoms with Gasteiger partial charge in [-0.15, -0.1) is 12.4 Å². The highest BCUT2D eigenvalue weighted by atomic mass is 35.5. The lowest BCUT2D eigenvalue weighted by Crippen LogP contribution is -2.41. The molecule has 0 amide bonds. The van der Waals surface area contributed by atoms with Gasteiger partial charge in [0.05, 0.1) is 4.90 Å². The number of nitrogens with one attached hydrogen (secondary N) is 1. The fourth-order valence-electron chi connectivity index (χ4n) is 2.14. The first-order valence-electron chi connectivity index (χ1n) is 6.83. The summed E-state index contributed by atoms with van der Waals surface area (Å²) in [6.07, 6.45) is 2.38. The number of sulfonamides is 1. The monoisotopic (exact) mass is 332 g/mol. The number of nitrogens with two attached hydrogens (primary N) is 1. The molecular weight excluding hydrogens is 312 g/mol. The molecule has 1 aromatic carbocycles. The summed E-state index contributed by atoms with van der Waals surface area (Å²) in [5.41, 5.74) is 6.04. The van der Waals surface area contributed by atoms with E-state index in [0.717, 1.165) is 12.8 Å². The Bertz CT molecular complexity index is 600. The van der Waals surface area contributed by atoms with E-state index < -0.39 is 10.0 Å². The molecule has 1 aliphatic carbocycles. The summed E-state index contributed by atoms with van der Waals surface area (Å²) in [5, 5.41) is 0. The van der Waals surface area contributed by atoms with Crippen molar-refractivity contribution in [3.8, 4) is 0 Å². The number of hydrogen-bond acceptors (Lipinski definition) is 4. The van der Waals surface area contributed by atoms with E-state index >= 15 is 0 Å². The summed E-state index contributed by atoms with van der Waals surface area (Å²) in [6.45, 7) is 2.04. The van der Waals surface area contributed by atoms with Crippen molar-refractivity contribution in [3.63, 3.8) is 0 Å². The lowest BCUT2D eigenvalue weighted by atomic mass is 10.1. The van der Waals surface area contributed by atoms with Crippen LogP contribution < -0.4 is 10.5 Å². The molecular formula is C14H21ClN2O3S. The van der Waals surface area contributed by atoms with Gasteiger partial charge < -0.3 is 5.73 Å². The van der Waals surface area contributed by atoms with Crippen LogP contribution in [0, 0.1) is 5.92 Å². The van der Waals surface area contributed by atoms with E-state index in [0.29, 0.717) is 17.9 Å². The summed E-state index contributed by atoms with van der Waals surface area (Å²) in [5.74, 6) is 0.273. The first-order chi connectivity index (χ1) is 9.47. The number of rotatable bonds is 7. The third-order valence-electron chi connectivity index (χ3n) is 3.54. The van der Waals surface area contributed by atoms with Crippen molar-refractivity contribution >= 4 is 28.2 Å². The van der Waals surface area contributed by atoms with Crippen molar-refractivity contribution in [2.24, 2.45) is 11.7 Å². The molecule has 5 nitrogen and oxygen atoms in total. The predicted octanol–water partition coefficient (Wildman–Crippen LogP) is 1.72. The molecule has 0 spiro atoms. The molecule has 1 fully saturated rings. The molecule has 0 aromatic heterocycles. The number of ketones is 1. The smallest absolute Gasteiger partial charge is 0.240 e. The first kappa shape index (κ1) is 18.1. The highest BCUT2D eigenvalue weighted by Crippen LogP contribution is 2.32. The van der Waals surface area contributed by atoms with Crippen LogP contribution in [0.25, 0.3) is 0 Å². The van der Waals surface area contributed by atoms with Crippen LogP contribution in [0.5, 0.6) is 0 Å². The summed E-state index contributed by atoms with van der Waals surface area (Å²) in [4.78, 5) is 11.8. The van der Waals surface area contributed by atoms with Gasteiger partial charge in [0.25, 0.3) is 0 Å². The number of halogens is 1. The maximum Gasteiger partial charge on any atom is 0.240 e. The lowest BCUT2D eigenvalue weighted by molar-refractivity contribution is 0.0988. The lowest BCUT2D eigenvalue weighted by Gasteiger charge is -2.16. The van der Waals surface area contributed by atoms with Gasteiger partial charge in [0.15, 0.2) is 5.78 Å². The molecule has 118 valence electrons. The predicted molar refractivity (Wildman–Crippen MR) is 84.2 cm³/mol. The molecule has 0 heterocycles. The molecule has 1 atom stereocenters. The minimum Gasteiger partial charge on any atom is -0.329 e. The molecule has 1 saturated carbocycles. The van der Waals surface area contributed by atoms with Crippen molar-refractivity contribution in [2.75, 3.05) is 6.54 Å². The minimum absolute atomic E-state index is 0. The van der Waals surface area contributed by atoms with Crippen molar-refractivity contribution in [1.82, 2.24) is 4.72 Å². The molecule has 3 N–H and O–H groups in total. The second-order valence-corrected chi connectivity index (χ2v) is 6.82. The SMILES string of the molecule is CCC(=O)c1cccc(S(=O)(=O)NC(CN)C2CC2)c1.Cl. The average molecular weight is 333 g/mol. The molecule has 1 aromatic rings. The van der Waals surface area contributed by atoms with E-state index in [-0.39, 0.29) is 35.7 Å². The van der Waals surface area contributed by atoms with Gasteiger partial charge in [-0.3, -0.25) is 4.79 Å². The maximum atomic E-state index is 12.3. The van der Waals surface area contributed by atoms with Gasteiger partial charge in [-0.1, -0.05) is 19.1 Å². The molecule has 2 rings (SSSR count). The van der Waals surface area contributed by atoms with Gasteiger partial charge in [0, 0.05) is 24.6 Å². The normalized spacial score (nSPS) is 16.1. The van der Waals surface area contributed by atoms with Crippen molar-refractivity contribution in [3.05, 3.63) is 29.8 Å². The molecule has 7 heteroatoms. The van der Waals surface area contributed by atoms with Gasteiger partial charge in [0.2, 0.25) is 10.0 Å². The van der Waals surface area contributed by atoms with Gasteiger partial charge in [-0.05, 0) is 30.9 Å². The quantitative estimate of drug-likeness (QED) is 0.744. The van der Waals surface area contributed by atoms with E-state index in [1.807, 2.05) is 0 Å². The van der Waals surface area contributed by atoms with Crippen molar-refractivity contribution < 1.29 is 13.2 Å². The molecule has 1 aliphatic rings. The van der Waals surface area contributed by atoms with Crippen LogP contribution in [0.1, 0.15) is 36.5 Å². The number of benzene rings is 1. The van der Waals surface area contributed by atoms with Crippen molar-refractivity contribution in [2.45, 2.75) is 37.1 Å². The van der Waals surface area contributed by atoms with Crippen molar-refractivity contribution in [1.29, 1.82) is 0 Å². The Balaban J connectivity index is 0.00000220. The Labute approximate surface area is 131 Å². The van der Waals surface area contributed by atoms with Crippen LogP contribution in [-0.2, 0) is 10.0 Å². The van der Waals surface area contributed by atoms with E-state index in [1.54, 1.807) is 19.1 Å². The zero-order valence-corrected chi connectivity index (χ0v) is 13.5. The topological polar surface area (TPSA) is 89.3 Å². The zero-order chi connectivity index (χ0) is 14.8. The Morgan fingerprint density at radius 1 is 1.43 bits per heavy atom. The van der Waals surface area contributed by atoms with Gasteiger partial charge in [-0.25, -0.2) is 13.1 Å². The standard InChI is InChI=1S/C14H20N2O3S.ClH/c1-2-14(17)11-4-3-5-12(8-11)20(18,19)16-13(9-15)10-6-7-10;/h3-5,8,10,13,16H,2,6-7,9,15H2,1H3;1H. The largest absolute Gasteiger partial charge is 0.329 e. The third-order valence-corrected chi connectivity index (χ3v) is 5.03. The van der Waals surface area contributed by atoms with Crippen LogP contribution in [0.2, 0.25) is 0 Å². The highest BCUT2D eigenvalue weighted by molar-refractivity contribution is 7.89. The fourth-order valence-corrected chi connectivity index (χ4v) is 3.51. The Kier molecular flexibility index (Phi) is 6.34. The van der Waals surface area contributed by atoms with E-state index in [9.17, 15) is 13.2 Å². The summed E-state index contributed by atoms with van der Waals surface area (Å²) >= 11 is 0. The molecule has 0 bridgehead atoms. The van der Waals surface area contributed by atoms with Crippen LogP contribution in [0.4, 0.5) is 0 Å². The summed E-state index contributed by atoms with van der Waals surface area (Å²) in [6, 6.07) is 5.92. The summed E-state index contributed by atoms with van der Waals surface area (Å²) < 4.78 is 27.3. The Hall–Kier alpha value is -0.950. The van der Waals surface area contributed by atoms with Crippen LogP contribution in [0.15, 0.2) is 29.2 Å². The Morgan fingerprint density at radius 3 is 2.62 bits per heavy atom. The molecule has 0 aliphatic heterocycles. The average Bonchev–Trinajstić information content (AvgIpc) is 3.28. The first-order valence-corrected chi connectivity index (χ1v) is 8.32. The van der Waals surface area contributed by atoms with Gasteiger partial charge >= 0.3 is 0 Å². The number of carbonyl (C=O) groups excluding carboxylic acids is 1. The van der Waals surface area contributed by atoms with Crippen LogP contribution >= 0.6 is 12.4 Å². The zero-order valence-electron chi connectivity index (χ0n) is 11.9. The van der Waals surface area contributed by atoms with Crippen LogP contribution in [0.3, 0.4) is 0 Å². The van der Waals surface area contributed by atoms with E-state index in [4.69, 9.17) is 5.73 Å². The minimum atomic E-state index is -3.62. The second kappa shape index (κ2) is 7.35. The van der Waals surface area contributed by atoms with Gasteiger partial charge in [0.1, 0.15) is 0 Å². The molecule has 0 radical (unpaired) electrons. The maximum absolute atomic E-state index is 12.3. The fraction of sp³-hybridized carbons (Fsp3) is 0.500. The second-order valence-electron chi connectivity index (χ2n) is 5.11. The molecule has 21 heavy (non-hydrogen) atoms.